The first-order valence-corrected chi connectivity index (χ1v) is 3.67. The Morgan fingerprint density at radius 1 is 1.54 bits per heavy atom. The van der Waals surface area contributed by atoms with Crippen LogP contribution in [0.15, 0.2) is 0 Å². The van der Waals surface area contributed by atoms with Gasteiger partial charge in [0.25, 0.3) is 0 Å². The molecular formula is C6H13N3O4. The summed E-state index contributed by atoms with van der Waals surface area (Å²) in [5, 5.41) is 10.6. The number of aliphatic carboxylic acids is 1. The van der Waals surface area contributed by atoms with E-state index >= 15 is 0 Å². The van der Waals surface area contributed by atoms with Gasteiger partial charge < -0.3 is 20.9 Å². The van der Waals surface area contributed by atoms with Gasteiger partial charge in [-0.3, -0.25) is 5.73 Å². The summed E-state index contributed by atoms with van der Waals surface area (Å²) in [6.45, 7) is 0.495. The summed E-state index contributed by atoms with van der Waals surface area (Å²) in [4.78, 5) is 20.3. The van der Waals surface area contributed by atoms with Crippen LogP contribution < -0.4 is 16.8 Å². The Kier molecular flexibility index (Phi) is 5.57. The SMILES string of the molecule is NC(=O)NCCCOC(N)C(=O)O. The fourth-order valence-corrected chi connectivity index (χ4v) is 0.565. The van der Waals surface area contributed by atoms with Crippen molar-refractivity contribution in [3.05, 3.63) is 0 Å². The smallest absolute Gasteiger partial charge is 0.347 e. The standard InChI is InChI=1S/C6H13N3O4/c7-4(5(10)11)13-3-1-2-9-6(8)12/h4H,1-3,7H2,(H,10,11)(H3,8,9,12). The van der Waals surface area contributed by atoms with Gasteiger partial charge in [-0.05, 0) is 6.42 Å². The van der Waals surface area contributed by atoms with E-state index in [-0.39, 0.29) is 6.61 Å². The summed E-state index contributed by atoms with van der Waals surface area (Å²) in [5.41, 5.74) is 9.80. The van der Waals surface area contributed by atoms with Crippen molar-refractivity contribution in [1.29, 1.82) is 0 Å². The molecule has 0 bridgehead atoms. The van der Waals surface area contributed by atoms with Crippen LogP contribution >= 0.6 is 0 Å². The van der Waals surface area contributed by atoms with Crippen LogP contribution in [0.25, 0.3) is 0 Å². The highest BCUT2D eigenvalue weighted by Crippen LogP contribution is 1.86. The highest BCUT2D eigenvalue weighted by molar-refractivity contribution is 5.71. The molecule has 0 aliphatic rings. The van der Waals surface area contributed by atoms with Crippen LogP contribution in [0.2, 0.25) is 0 Å². The number of hydrogen-bond donors (Lipinski definition) is 4. The number of nitrogens with two attached hydrogens (primary N) is 2. The number of nitrogens with one attached hydrogen (secondary N) is 1. The molecule has 1 atom stereocenters. The molecule has 0 radical (unpaired) electrons. The summed E-state index contributed by atoms with van der Waals surface area (Å²) in [6.07, 6.45) is -0.849. The van der Waals surface area contributed by atoms with E-state index in [2.05, 4.69) is 10.1 Å². The van der Waals surface area contributed by atoms with Gasteiger partial charge in [0.1, 0.15) is 0 Å². The van der Waals surface area contributed by atoms with E-state index in [1.807, 2.05) is 0 Å². The van der Waals surface area contributed by atoms with Gasteiger partial charge in [0.2, 0.25) is 6.23 Å². The molecule has 7 nitrogen and oxygen atoms in total. The van der Waals surface area contributed by atoms with E-state index in [1.165, 1.54) is 0 Å². The zero-order valence-electron chi connectivity index (χ0n) is 7.03. The van der Waals surface area contributed by atoms with E-state index in [4.69, 9.17) is 16.6 Å². The summed E-state index contributed by atoms with van der Waals surface area (Å²) < 4.78 is 4.67. The Balaban J connectivity index is 3.26. The van der Waals surface area contributed by atoms with Gasteiger partial charge in [-0.2, -0.15) is 0 Å². The van der Waals surface area contributed by atoms with E-state index < -0.39 is 18.2 Å². The Labute approximate surface area is 75.0 Å². The lowest BCUT2D eigenvalue weighted by atomic mass is 10.4. The summed E-state index contributed by atoms with van der Waals surface area (Å²) in [5.74, 6) is -1.22. The zero-order chi connectivity index (χ0) is 10.3. The highest BCUT2D eigenvalue weighted by Gasteiger charge is 2.10. The molecule has 0 aliphatic heterocycles. The summed E-state index contributed by atoms with van der Waals surface area (Å²) in [6, 6.07) is -0.623. The fourth-order valence-electron chi connectivity index (χ4n) is 0.565. The van der Waals surface area contributed by atoms with Crippen LogP contribution in [0.3, 0.4) is 0 Å². The van der Waals surface area contributed by atoms with Crippen molar-refractivity contribution in [3.8, 4) is 0 Å². The second-order valence-electron chi connectivity index (χ2n) is 2.27. The van der Waals surface area contributed by atoms with Crippen LogP contribution in [-0.4, -0.2) is 36.5 Å². The third kappa shape index (κ3) is 7.04. The number of ether oxygens (including phenoxy) is 1. The average Bonchev–Trinajstić information content (AvgIpc) is 2.02. The first-order valence-electron chi connectivity index (χ1n) is 3.67. The predicted octanol–water partition coefficient (Wildman–Crippen LogP) is -1.57. The van der Waals surface area contributed by atoms with Crippen LogP contribution in [0, 0.1) is 0 Å². The molecule has 0 aliphatic carbocycles. The maximum atomic E-state index is 10.2. The van der Waals surface area contributed by atoms with Crippen molar-refractivity contribution in [3.63, 3.8) is 0 Å². The predicted molar refractivity (Wildman–Crippen MR) is 43.8 cm³/mol. The number of amides is 2. The topological polar surface area (TPSA) is 128 Å². The van der Waals surface area contributed by atoms with Crippen molar-refractivity contribution in [2.45, 2.75) is 12.6 Å². The van der Waals surface area contributed by atoms with Gasteiger partial charge in [-0.15, -0.1) is 0 Å². The molecule has 0 aromatic heterocycles. The lowest BCUT2D eigenvalue weighted by Gasteiger charge is -2.07. The maximum Gasteiger partial charge on any atom is 0.347 e. The number of urea groups is 1. The highest BCUT2D eigenvalue weighted by atomic mass is 16.5. The van der Waals surface area contributed by atoms with E-state index in [1.54, 1.807) is 0 Å². The molecule has 13 heavy (non-hydrogen) atoms. The van der Waals surface area contributed by atoms with Gasteiger partial charge in [0.05, 0.1) is 6.61 Å². The molecular weight excluding hydrogens is 178 g/mol. The molecule has 6 N–H and O–H groups in total. The van der Waals surface area contributed by atoms with Crippen LogP contribution in [-0.2, 0) is 9.53 Å². The number of rotatable bonds is 6. The normalized spacial score (nSPS) is 12.1. The van der Waals surface area contributed by atoms with Crippen molar-refractivity contribution in [2.75, 3.05) is 13.2 Å². The van der Waals surface area contributed by atoms with Crippen LogP contribution in [0.1, 0.15) is 6.42 Å². The third-order valence-corrected chi connectivity index (χ3v) is 1.16. The molecule has 0 aromatic rings. The van der Waals surface area contributed by atoms with Crippen molar-refractivity contribution < 1.29 is 19.4 Å². The lowest BCUT2D eigenvalue weighted by molar-refractivity contribution is -0.150. The molecule has 0 saturated carbocycles. The molecule has 0 heterocycles. The first kappa shape index (κ1) is 11.7. The minimum Gasteiger partial charge on any atom is -0.478 e. The zero-order valence-corrected chi connectivity index (χ0v) is 7.03. The molecule has 76 valence electrons. The van der Waals surface area contributed by atoms with Gasteiger partial charge in [-0.1, -0.05) is 0 Å². The number of carboxylic acids is 1. The quantitative estimate of drug-likeness (QED) is 0.298. The molecule has 0 fully saturated rings. The van der Waals surface area contributed by atoms with E-state index in [9.17, 15) is 9.59 Å². The van der Waals surface area contributed by atoms with Crippen molar-refractivity contribution >= 4 is 12.0 Å². The molecule has 0 spiro atoms. The minimum absolute atomic E-state index is 0.160. The Morgan fingerprint density at radius 2 is 2.15 bits per heavy atom. The van der Waals surface area contributed by atoms with Crippen molar-refractivity contribution in [2.24, 2.45) is 11.5 Å². The molecule has 2 amide bonds. The van der Waals surface area contributed by atoms with E-state index in [0.29, 0.717) is 13.0 Å². The van der Waals surface area contributed by atoms with Crippen LogP contribution in [0.4, 0.5) is 4.79 Å². The second kappa shape index (κ2) is 6.21. The number of carbonyl (C=O) groups excluding carboxylic acids is 1. The lowest BCUT2D eigenvalue weighted by Crippen LogP contribution is -2.35. The van der Waals surface area contributed by atoms with Crippen molar-refractivity contribution in [1.82, 2.24) is 5.32 Å². The second-order valence-corrected chi connectivity index (χ2v) is 2.27. The van der Waals surface area contributed by atoms with Gasteiger partial charge >= 0.3 is 12.0 Å². The van der Waals surface area contributed by atoms with Gasteiger partial charge in [0.15, 0.2) is 0 Å². The molecule has 7 heteroatoms. The minimum atomic E-state index is -1.31. The van der Waals surface area contributed by atoms with Crippen LogP contribution in [0.5, 0.6) is 0 Å². The Hall–Kier alpha value is -1.34. The summed E-state index contributed by atoms with van der Waals surface area (Å²) >= 11 is 0. The molecule has 0 saturated heterocycles. The Bertz CT molecular complexity index is 185. The number of primary amides is 1. The van der Waals surface area contributed by atoms with E-state index in [0.717, 1.165) is 0 Å². The first-order chi connectivity index (χ1) is 6.04. The maximum absolute atomic E-state index is 10.2. The molecule has 1 unspecified atom stereocenters. The third-order valence-electron chi connectivity index (χ3n) is 1.16. The average molecular weight is 191 g/mol. The Morgan fingerprint density at radius 3 is 2.62 bits per heavy atom. The number of carboxylic acid groups (broad SMARTS) is 1. The van der Waals surface area contributed by atoms with Gasteiger partial charge in [-0.25, -0.2) is 9.59 Å². The molecule has 0 rings (SSSR count). The number of hydrogen-bond acceptors (Lipinski definition) is 4. The summed E-state index contributed by atoms with van der Waals surface area (Å²) in [7, 11) is 0. The monoisotopic (exact) mass is 191 g/mol. The fraction of sp³-hybridized carbons (Fsp3) is 0.667. The largest absolute Gasteiger partial charge is 0.478 e. The number of carbonyl (C=O) groups is 2. The van der Waals surface area contributed by atoms with Gasteiger partial charge in [0, 0.05) is 6.54 Å². The molecule has 0 aromatic carbocycles.